The zero-order chi connectivity index (χ0) is 28.0. The van der Waals surface area contributed by atoms with Gasteiger partial charge in [-0.1, -0.05) is 20.8 Å². The highest BCUT2D eigenvalue weighted by Crippen LogP contribution is 2.41. The number of rotatable bonds is 6. The Balaban J connectivity index is 1.15. The molecule has 0 saturated carbocycles. The van der Waals surface area contributed by atoms with Crippen LogP contribution in [-0.4, -0.2) is 78.1 Å². The van der Waals surface area contributed by atoms with Crippen LogP contribution < -0.4 is 5.32 Å². The van der Waals surface area contributed by atoms with Gasteiger partial charge in [-0.2, -0.15) is 5.10 Å². The second kappa shape index (κ2) is 10.2. The van der Waals surface area contributed by atoms with E-state index in [4.69, 9.17) is 0 Å². The Morgan fingerprint density at radius 3 is 2.55 bits per heavy atom. The fourth-order valence-electron chi connectivity index (χ4n) is 6.00. The quantitative estimate of drug-likeness (QED) is 0.382. The molecule has 0 radical (unpaired) electrons. The number of aryl methyl sites for hydroxylation is 1. The van der Waals surface area contributed by atoms with Crippen LogP contribution in [0.15, 0.2) is 36.8 Å². The van der Waals surface area contributed by atoms with Crippen molar-refractivity contribution in [3.8, 4) is 11.3 Å². The van der Waals surface area contributed by atoms with Crippen LogP contribution >= 0.6 is 0 Å². The average Bonchev–Trinajstić information content (AvgIpc) is 3.28. The summed E-state index contributed by atoms with van der Waals surface area (Å²) in [6.45, 7) is 11.3. The minimum absolute atomic E-state index is 0.00183. The minimum Gasteiger partial charge on any atom is -0.337 e. The van der Waals surface area contributed by atoms with E-state index in [0.29, 0.717) is 22.6 Å². The van der Waals surface area contributed by atoms with E-state index in [1.807, 2.05) is 22.7 Å². The van der Waals surface area contributed by atoms with Gasteiger partial charge in [0, 0.05) is 48.9 Å². The Hall–Kier alpha value is -3.99. The highest BCUT2D eigenvalue weighted by atomic mass is 19.1. The lowest BCUT2D eigenvalue weighted by molar-refractivity contribution is -0.0314. The van der Waals surface area contributed by atoms with Crippen molar-refractivity contribution < 1.29 is 9.18 Å². The van der Waals surface area contributed by atoms with E-state index < -0.39 is 5.82 Å². The molecular formula is C29H34FN9O. The van der Waals surface area contributed by atoms with Gasteiger partial charge < -0.3 is 15.1 Å². The molecule has 1 N–H and O–H groups in total. The Morgan fingerprint density at radius 1 is 1.10 bits per heavy atom. The first-order valence-electron chi connectivity index (χ1n) is 13.9. The second-order valence-electron chi connectivity index (χ2n) is 11.3. The number of carbonyl (C=O) groups excluding carboxylic acids is 1. The number of carbonyl (C=O) groups is 1. The summed E-state index contributed by atoms with van der Waals surface area (Å²) in [5.74, 6) is 0.331. The molecule has 10 nitrogen and oxygen atoms in total. The molecule has 0 aromatic carbocycles. The fraction of sp³-hybridized carbons (Fsp3) is 0.448. The Kier molecular flexibility index (Phi) is 6.69. The van der Waals surface area contributed by atoms with Crippen LogP contribution in [-0.2, 0) is 7.05 Å². The summed E-state index contributed by atoms with van der Waals surface area (Å²) in [6, 6.07) is 5.33. The van der Waals surface area contributed by atoms with Crippen LogP contribution in [0.1, 0.15) is 55.6 Å². The molecule has 11 heteroatoms. The van der Waals surface area contributed by atoms with Crippen molar-refractivity contribution in [1.82, 2.24) is 39.5 Å². The molecular weight excluding hydrogens is 509 g/mol. The third-order valence-electron chi connectivity index (χ3n) is 8.25. The molecule has 0 bridgehead atoms. The standard InChI is InChI=1S/C29H34FN9O/c1-5-38-10-8-29(9-11-38)16-39(17-29)27(40)19-6-7-23(31-13-19)34-28-33-15-22(30)24(35-28)20-12-21-25(18(2)3)37(4)36-26(21)32-14-20/h6-7,12-15,18H,5,8-11,16-17H2,1-4H3,(H,31,33,34,35). The van der Waals surface area contributed by atoms with E-state index in [1.54, 1.807) is 24.5 Å². The van der Waals surface area contributed by atoms with Crippen molar-refractivity contribution in [3.05, 3.63) is 53.9 Å². The maximum absolute atomic E-state index is 14.8. The topological polar surface area (TPSA) is 105 Å². The number of nitrogens with one attached hydrogen (secondary N) is 1. The van der Waals surface area contributed by atoms with Crippen molar-refractivity contribution in [1.29, 1.82) is 0 Å². The molecule has 4 aromatic heterocycles. The predicted molar refractivity (Wildman–Crippen MR) is 151 cm³/mol. The van der Waals surface area contributed by atoms with Crippen LogP contribution in [0.3, 0.4) is 0 Å². The molecule has 208 valence electrons. The lowest BCUT2D eigenvalue weighted by Crippen LogP contribution is -2.61. The van der Waals surface area contributed by atoms with Crippen molar-refractivity contribution in [2.45, 2.75) is 39.5 Å². The fourth-order valence-corrected chi connectivity index (χ4v) is 6.00. The number of nitrogens with zero attached hydrogens (tertiary/aromatic N) is 8. The number of piperidine rings is 1. The van der Waals surface area contributed by atoms with E-state index in [2.05, 4.69) is 56.0 Å². The number of likely N-dealkylation sites (tertiary alicyclic amines) is 2. The normalized spacial score (nSPS) is 17.0. The molecule has 2 saturated heterocycles. The van der Waals surface area contributed by atoms with E-state index in [9.17, 15) is 9.18 Å². The van der Waals surface area contributed by atoms with E-state index in [0.717, 1.165) is 62.8 Å². The number of pyridine rings is 2. The first-order valence-corrected chi connectivity index (χ1v) is 13.9. The van der Waals surface area contributed by atoms with Gasteiger partial charge in [0.15, 0.2) is 11.5 Å². The predicted octanol–water partition coefficient (Wildman–Crippen LogP) is 4.38. The Morgan fingerprint density at radius 2 is 1.88 bits per heavy atom. The second-order valence-corrected chi connectivity index (χ2v) is 11.3. The number of anilines is 2. The first kappa shape index (κ1) is 26.2. The molecule has 0 atom stereocenters. The summed E-state index contributed by atoms with van der Waals surface area (Å²) < 4.78 is 16.6. The highest BCUT2D eigenvalue weighted by molar-refractivity contribution is 5.94. The van der Waals surface area contributed by atoms with Crippen molar-refractivity contribution in [3.63, 3.8) is 0 Å². The van der Waals surface area contributed by atoms with Crippen LogP contribution in [0.5, 0.6) is 0 Å². The van der Waals surface area contributed by atoms with Crippen molar-refractivity contribution in [2.24, 2.45) is 12.5 Å². The van der Waals surface area contributed by atoms with E-state index in [-0.39, 0.29) is 28.9 Å². The van der Waals surface area contributed by atoms with Gasteiger partial charge in [0.05, 0.1) is 17.5 Å². The Labute approximate surface area is 232 Å². The summed E-state index contributed by atoms with van der Waals surface area (Å²) in [5, 5.41) is 8.35. The monoisotopic (exact) mass is 543 g/mol. The largest absolute Gasteiger partial charge is 0.337 e. The third-order valence-corrected chi connectivity index (χ3v) is 8.25. The van der Waals surface area contributed by atoms with Gasteiger partial charge in [0.1, 0.15) is 11.5 Å². The number of hydrogen-bond acceptors (Lipinski definition) is 8. The van der Waals surface area contributed by atoms with E-state index >= 15 is 0 Å². The lowest BCUT2D eigenvalue weighted by atomic mass is 9.72. The first-order chi connectivity index (χ1) is 19.2. The Bertz CT molecular complexity index is 1550. The number of hydrogen-bond donors (Lipinski definition) is 1. The molecule has 1 spiro atoms. The number of halogens is 1. The zero-order valence-electron chi connectivity index (χ0n) is 23.4. The number of fused-ring (bicyclic) bond motifs is 1. The number of amides is 1. The maximum Gasteiger partial charge on any atom is 0.255 e. The molecule has 1 amide bonds. The van der Waals surface area contributed by atoms with Gasteiger partial charge in [-0.15, -0.1) is 0 Å². The van der Waals surface area contributed by atoms with Crippen LogP contribution in [0, 0.1) is 11.2 Å². The average molecular weight is 544 g/mol. The molecule has 2 aliphatic heterocycles. The van der Waals surface area contributed by atoms with E-state index in [1.165, 1.54) is 0 Å². The summed E-state index contributed by atoms with van der Waals surface area (Å²) in [4.78, 5) is 34.7. The lowest BCUT2D eigenvalue weighted by Gasteiger charge is -2.54. The van der Waals surface area contributed by atoms with Gasteiger partial charge >= 0.3 is 0 Å². The van der Waals surface area contributed by atoms with Crippen molar-refractivity contribution in [2.75, 3.05) is 38.0 Å². The maximum atomic E-state index is 14.8. The third kappa shape index (κ3) is 4.78. The summed E-state index contributed by atoms with van der Waals surface area (Å²) >= 11 is 0. The molecule has 4 aromatic rings. The smallest absolute Gasteiger partial charge is 0.255 e. The minimum atomic E-state index is -0.553. The van der Waals surface area contributed by atoms with Gasteiger partial charge in [-0.05, 0) is 56.6 Å². The summed E-state index contributed by atoms with van der Waals surface area (Å²) in [5.41, 5.74) is 3.12. The van der Waals surface area contributed by atoms with Gasteiger partial charge in [0.25, 0.3) is 5.91 Å². The van der Waals surface area contributed by atoms with Crippen molar-refractivity contribution >= 4 is 28.7 Å². The molecule has 2 fully saturated rings. The molecule has 2 aliphatic rings. The molecule has 6 rings (SSSR count). The molecule has 6 heterocycles. The van der Waals surface area contributed by atoms with Crippen LogP contribution in [0.2, 0.25) is 0 Å². The summed E-state index contributed by atoms with van der Waals surface area (Å²) in [7, 11) is 1.88. The van der Waals surface area contributed by atoms with Gasteiger partial charge in [0.2, 0.25) is 5.95 Å². The van der Waals surface area contributed by atoms with Gasteiger partial charge in [-0.3, -0.25) is 9.48 Å². The molecule has 0 unspecified atom stereocenters. The van der Waals surface area contributed by atoms with Crippen LogP contribution in [0.25, 0.3) is 22.3 Å². The zero-order valence-corrected chi connectivity index (χ0v) is 23.4. The number of aromatic nitrogens is 6. The SMILES string of the molecule is CCN1CCC2(CC1)CN(C(=O)c1ccc(Nc3ncc(F)c(-c4cnc5nn(C)c(C(C)C)c5c4)n3)nc1)C2. The highest BCUT2D eigenvalue weighted by Gasteiger charge is 2.46. The van der Waals surface area contributed by atoms with Gasteiger partial charge in [-0.25, -0.2) is 24.3 Å². The molecule has 0 aliphatic carbocycles. The van der Waals surface area contributed by atoms with Crippen LogP contribution in [0.4, 0.5) is 16.2 Å². The molecule has 40 heavy (non-hydrogen) atoms. The summed E-state index contributed by atoms with van der Waals surface area (Å²) in [6.07, 6.45) is 6.56.